The van der Waals surface area contributed by atoms with Crippen LogP contribution in [0.2, 0.25) is 0 Å². The highest BCUT2D eigenvalue weighted by atomic mass is 32.2. The monoisotopic (exact) mass is 339 g/mol. The topological polar surface area (TPSA) is 72.5 Å². The Kier molecular flexibility index (Phi) is 5.04. The maximum Gasteiger partial charge on any atom is 0.232 e. The van der Waals surface area contributed by atoms with Crippen LogP contribution in [0.1, 0.15) is 46.1 Å². The number of ether oxygens (including phenoxy) is 1. The molecular weight excluding hydrogens is 314 g/mol. The van der Waals surface area contributed by atoms with Gasteiger partial charge in [-0.2, -0.15) is 0 Å². The van der Waals surface area contributed by atoms with Crippen molar-refractivity contribution in [2.24, 2.45) is 5.41 Å². The molecule has 0 radical (unpaired) electrons. The molecule has 0 unspecified atom stereocenters. The summed E-state index contributed by atoms with van der Waals surface area (Å²) >= 11 is 0. The third-order valence-electron chi connectivity index (χ3n) is 3.78. The van der Waals surface area contributed by atoms with Gasteiger partial charge in [-0.1, -0.05) is 27.7 Å². The second-order valence-corrected chi connectivity index (χ2v) is 8.84. The van der Waals surface area contributed by atoms with Crippen LogP contribution in [0.5, 0.6) is 5.75 Å². The zero-order valence-electron chi connectivity index (χ0n) is 14.2. The minimum absolute atomic E-state index is 0.0934. The Bertz CT molecular complexity index is 689. The Morgan fingerprint density at radius 3 is 2.65 bits per heavy atom. The molecule has 23 heavy (non-hydrogen) atoms. The van der Waals surface area contributed by atoms with Gasteiger partial charge in [0.05, 0.1) is 5.75 Å². The summed E-state index contributed by atoms with van der Waals surface area (Å²) in [5, 5.41) is 0. The third-order valence-corrected chi connectivity index (χ3v) is 5.28. The lowest BCUT2D eigenvalue weighted by molar-refractivity contribution is -0.134. The fraction of sp³-hybridized carbons (Fsp3) is 0.588. The maximum atomic E-state index is 12.3. The summed E-state index contributed by atoms with van der Waals surface area (Å²) in [5.41, 5.74) is 1.04. The molecule has 1 atom stereocenters. The van der Waals surface area contributed by atoms with Gasteiger partial charge in [0.15, 0.2) is 11.9 Å². The summed E-state index contributed by atoms with van der Waals surface area (Å²) in [4.78, 5) is 12.3. The number of anilines is 1. The number of hydrogen-bond donors (Lipinski definition) is 1. The van der Waals surface area contributed by atoms with Crippen LogP contribution < -0.4 is 9.46 Å². The van der Waals surface area contributed by atoms with Crippen LogP contribution in [0, 0.1) is 5.41 Å². The van der Waals surface area contributed by atoms with Crippen molar-refractivity contribution in [1.82, 2.24) is 0 Å². The van der Waals surface area contributed by atoms with Gasteiger partial charge in [-0.3, -0.25) is 9.52 Å². The van der Waals surface area contributed by atoms with Gasteiger partial charge in [0.25, 0.3) is 0 Å². The Morgan fingerprint density at radius 1 is 1.35 bits per heavy atom. The van der Waals surface area contributed by atoms with E-state index in [2.05, 4.69) is 4.72 Å². The van der Waals surface area contributed by atoms with Crippen LogP contribution in [0.15, 0.2) is 18.2 Å². The lowest BCUT2D eigenvalue weighted by Gasteiger charge is -2.30. The van der Waals surface area contributed by atoms with E-state index in [1.807, 2.05) is 27.7 Å². The van der Waals surface area contributed by atoms with Gasteiger partial charge >= 0.3 is 0 Å². The smallest absolute Gasteiger partial charge is 0.232 e. The van der Waals surface area contributed by atoms with Crippen LogP contribution in [-0.4, -0.2) is 26.1 Å². The van der Waals surface area contributed by atoms with Gasteiger partial charge in [-0.05, 0) is 43.0 Å². The quantitative estimate of drug-likeness (QED) is 0.894. The summed E-state index contributed by atoms with van der Waals surface area (Å²) in [6.07, 6.45) is 1.46. The summed E-state index contributed by atoms with van der Waals surface area (Å²) in [7, 11) is -3.30. The highest BCUT2D eigenvalue weighted by Gasteiger charge is 2.33. The number of carbonyl (C=O) groups excluding carboxylic acids is 1. The first-order valence-corrected chi connectivity index (χ1v) is 9.62. The van der Waals surface area contributed by atoms with Crippen LogP contribution >= 0.6 is 0 Å². The fourth-order valence-electron chi connectivity index (χ4n) is 2.62. The third kappa shape index (κ3) is 4.47. The van der Waals surface area contributed by atoms with E-state index in [1.165, 1.54) is 0 Å². The van der Waals surface area contributed by atoms with E-state index in [1.54, 1.807) is 18.2 Å². The molecule has 0 saturated carbocycles. The SMILES string of the molecule is CCCS(=O)(=O)Nc1ccc2c(c1)CC[C@H](C(=O)C(C)(C)C)O2. The number of rotatable bonds is 5. The molecule has 1 N–H and O–H groups in total. The lowest BCUT2D eigenvalue weighted by Crippen LogP contribution is -2.38. The van der Waals surface area contributed by atoms with Gasteiger partial charge in [-0.15, -0.1) is 0 Å². The van der Waals surface area contributed by atoms with E-state index in [-0.39, 0.29) is 11.5 Å². The van der Waals surface area contributed by atoms with Crippen molar-refractivity contribution < 1.29 is 17.9 Å². The van der Waals surface area contributed by atoms with Crippen LogP contribution in [-0.2, 0) is 21.2 Å². The van der Waals surface area contributed by atoms with Crippen LogP contribution in [0.25, 0.3) is 0 Å². The van der Waals surface area contributed by atoms with E-state index < -0.39 is 21.5 Å². The predicted molar refractivity (Wildman–Crippen MR) is 91.3 cm³/mol. The van der Waals surface area contributed by atoms with Crippen LogP contribution in [0.3, 0.4) is 0 Å². The summed E-state index contributed by atoms with van der Waals surface area (Å²) in [5.74, 6) is 0.858. The maximum absolute atomic E-state index is 12.3. The van der Waals surface area contributed by atoms with Crippen molar-refractivity contribution in [1.29, 1.82) is 0 Å². The molecule has 1 heterocycles. The first kappa shape index (κ1) is 17.8. The van der Waals surface area contributed by atoms with Crippen molar-refractivity contribution in [2.75, 3.05) is 10.5 Å². The summed E-state index contributed by atoms with van der Waals surface area (Å²) < 4.78 is 32.1. The number of carbonyl (C=O) groups is 1. The van der Waals surface area contributed by atoms with Gasteiger partial charge < -0.3 is 4.74 Å². The van der Waals surface area contributed by atoms with E-state index in [0.29, 0.717) is 30.7 Å². The first-order chi connectivity index (χ1) is 10.6. The number of aryl methyl sites for hydroxylation is 1. The molecule has 0 fully saturated rings. The second-order valence-electron chi connectivity index (χ2n) is 7.00. The average Bonchev–Trinajstić information content (AvgIpc) is 2.44. The number of hydrogen-bond acceptors (Lipinski definition) is 4. The van der Waals surface area contributed by atoms with Gasteiger partial charge in [0, 0.05) is 11.1 Å². The van der Waals surface area contributed by atoms with Crippen molar-refractivity contribution in [3.63, 3.8) is 0 Å². The Labute approximate surface area is 138 Å². The molecule has 1 aliphatic heterocycles. The number of Topliss-reactive ketones (excluding diaryl/α,β-unsaturated/α-hetero) is 1. The second kappa shape index (κ2) is 6.51. The molecule has 0 spiro atoms. The number of benzene rings is 1. The normalized spacial score (nSPS) is 18.0. The molecule has 0 aromatic heterocycles. The number of fused-ring (bicyclic) bond motifs is 1. The lowest BCUT2D eigenvalue weighted by atomic mass is 9.85. The van der Waals surface area contributed by atoms with E-state index in [9.17, 15) is 13.2 Å². The highest BCUT2D eigenvalue weighted by Crippen LogP contribution is 2.33. The summed E-state index contributed by atoms with van der Waals surface area (Å²) in [6, 6.07) is 5.21. The molecule has 0 aliphatic carbocycles. The Hall–Kier alpha value is -1.56. The first-order valence-electron chi connectivity index (χ1n) is 7.97. The van der Waals surface area contributed by atoms with E-state index >= 15 is 0 Å². The molecule has 1 aromatic carbocycles. The zero-order valence-corrected chi connectivity index (χ0v) is 15.0. The molecule has 1 aromatic rings. The molecule has 128 valence electrons. The zero-order chi connectivity index (χ0) is 17.3. The van der Waals surface area contributed by atoms with E-state index in [4.69, 9.17) is 4.74 Å². The molecule has 0 bridgehead atoms. The number of nitrogens with one attached hydrogen (secondary N) is 1. The largest absolute Gasteiger partial charge is 0.482 e. The van der Waals surface area contributed by atoms with E-state index in [0.717, 1.165) is 5.56 Å². The average molecular weight is 339 g/mol. The van der Waals surface area contributed by atoms with Gasteiger partial charge in [-0.25, -0.2) is 8.42 Å². The fourth-order valence-corrected chi connectivity index (χ4v) is 3.74. The highest BCUT2D eigenvalue weighted by molar-refractivity contribution is 7.92. The van der Waals surface area contributed by atoms with Crippen molar-refractivity contribution in [3.05, 3.63) is 23.8 Å². The molecule has 0 amide bonds. The molecule has 5 nitrogen and oxygen atoms in total. The summed E-state index contributed by atoms with van der Waals surface area (Å²) in [6.45, 7) is 7.49. The van der Waals surface area contributed by atoms with Gasteiger partial charge in [0.2, 0.25) is 10.0 Å². The molecule has 0 saturated heterocycles. The number of sulfonamides is 1. The number of ketones is 1. The predicted octanol–water partition coefficient (Wildman–Crippen LogP) is 3.15. The molecule has 2 rings (SSSR count). The minimum Gasteiger partial charge on any atom is -0.482 e. The standard InChI is InChI=1S/C17H25NO4S/c1-5-10-23(20,21)18-13-7-9-14-12(11-13)6-8-15(22-14)16(19)17(2,3)4/h7,9,11,15,18H,5-6,8,10H2,1-4H3/t15-/m1/s1. The van der Waals surface area contributed by atoms with Gasteiger partial charge in [0.1, 0.15) is 5.75 Å². The Balaban J connectivity index is 2.14. The van der Waals surface area contributed by atoms with Crippen molar-refractivity contribution in [2.45, 2.75) is 53.1 Å². The van der Waals surface area contributed by atoms with Crippen molar-refractivity contribution >= 4 is 21.5 Å². The van der Waals surface area contributed by atoms with Crippen LogP contribution in [0.4, 0.5) is 5.69 Å². The minimum atomic E-state index is -3.30. The molecule has 1 aliphatic rings. The molecule has 6 heteroatoms. The van der Waals surface area contributed by atoms with Crippen molar-refractivity contribution in [3.8, 4) is 5.75 Å². The Morgan fingerprint density at radius 2 is 2.04 bits per heavy atom. The molecular formula is C17H25NO4S.